The van der Waals surface area contributed by atoms with Crippen LogP contribution in [0, 0.1) is 11.3 Å². The van der Waals surface area contributed by atoms with Crippen molar-refractivity contribution in [2.75, 3.05) is 11.9 Å². The molecule has 2 heterocycles. The normalized spacial score (nSPS) is 10.1. The van der Waals surface area contributed by atoms with Crippen LogP contribution in [0.25, 0.3) is 0 Å². The lowest BCUT2D eigenvalue weighted by molar-refractivity contribution is 0.861. The second-order valence-corrected chi connectivity index (χ2v) is 4.41. The first-order valence-corrected chi connectivity index (χ1v) is 6.65. The van der Waals surface area contributed by atoms with E-state index < -0.39 is 0 Å². The van der Waals surface area contributed by atoms with Crippen molar-refractivity contribution < 1.29 is 0 Å². The number of anilines is 2. The molecule has 0 aliphatic carbocycles. The van der Waals surface area contributed by atoms with Gasteiger partial charge in [0.05, 0.1) is 17.6 Å². The Kier molecular flexibility index (Phi) is 4.26. The number of nitriles is 1. The Labute approximate surface area is 118 Å². The van der Waals surface area contributed by atoms with Crippen molar-refractivity contribution >= 4 is 11.5 Å². The third-order valence-electron chi connectivity index (χ3n) is 3.29. The Bertz CT molecular complexity index is 631. The van der Waals surface area contributed by atoms with E-state index in [4.69, 9.17) is 0 Å². The smallest absolute Gasteiger partial charge is 0.173 e. The lowest BCUT2D eigenvalue weighted by Crippen LogP contribution is -2.16. The standard InChI is InChI=1S/C15H17N5/c1-4-12-13(9-16)15(19-18-14(12)5-2)20(3)11-7-6-8-17-10-11/h6-8,10H,4-5H2,1-3H3. The van der Waals surface area contributed by atoms with Gasteiger partial charge in [0.25, 0.3) is 0 Å². The van der Waals surface area contributed by atoms with E-state index in [1.807, 2.05) is 37.9 Å². The molecule has 0 amide bonds. The van der Waals surface area contributed by atoms with Crippen LogP contribution in [-0.4, -0.2) is 22.2 Å². The molecular formula is C15H17N5. The Morgan fingerprint density at radius 3 is 2.60 bits per heavy atom. The molecule has 0 N–H and O–H groups in total. The van der Waals surface area contributed by atoms with Gasteiger partial charge in [-0.2, -0.15) is 10.4 Å². The third-order valence-corrected chi connectivity index (χ3v) is 3.29. The molecule has 0 unspecified atom stereocenters. The Morgan fingerprint density at radius 1 is 1.25 bits per heavy atom. The maximum absolute atomic E-state index is 9.49. The van der Waals surface area contributed by atoms with Gasteiger partial charge in [0.1, 0.15) is 11.6 Å². The Morgan fingerprint density at radius 2 is 2.05 bits per heavy atom. The van der Waals surface area contributed by atoms with E-state index in [1.165, 1.54) is 0 Å². The molecule has 0 aromatic carbocycles. The highest BCUT2D eigenvalue weighted by molar-refractivity contribution is 5.66. The molecule has 0 saturated carbocycles. The maximum atomic E-state index is 9.49. The van der Waals surface area contributed by atoms with E-state index in [2.05, 4.69) is 21.3 Å². The summed E-state index contributed by atoms with van der Waals surface area (Å²) in [6.45, 7) is 4.06. The number of rotatable bonds is 4. The molecule has 0 bridgehead atoms. The number of hydrogen-bond donors (Lipinski definition) is 0. The topological polar surface area (TPSA) is 65.7 Å². The minimum atomic E-state index is 0.578. The first-order chi connectivity index (χ1) is 9.72. The van der Waals surface area contributed by atoms with E-state index in [0.717, 1.165) is 29.8 Å². The van der Waals surface area contributed by atoms with Gasteiger partial charge in [-0.25, -0.2) is 0 Å². The molecule has 5 heteroatoms. The lowest BCUT2D eigenvalue weighted by Gasteiger charge is -2.20. The number of aryl methyl sites for hydroxylation is 1. The lowest BCUT2D eigenvalue weighted by atomic mass is 10.0. The summed E-state index contributed by atoms with van der Waals surface area (Å²) in [6, 6.07) is 6.06. The first kappa shape index (κ1) is 13.9. The zero-order valence-corrected chi connectivity index (χ0v) is 12.0. The van der Waals surface area contributed by atoms with Crippen molar-refractivity contribution in [2.45, 2.75) is 26.7 Å². The molecule has 0 radical (unpaired) electrons. The molecule has 2 aromatic heterocycles. The quantitative estimate of drug-likeness (QED) is 0.852. The second-order valence-electron chi connectivity index (χ2n) is 4.41. The predicted octanol–water partition coefficient (Wildman–Crippen LogP) is 2.64. The van der Waals surface area contributed by atoms with Crippen LogP contribution in [0.1, 0.15) is 30.7 Å². The van der Waals surface area contributed by atoms with Crippen LogP contribution in [0.15, 0.2) is 24.5 Å². The average Bonchev–Trinajstić information content (AvgIpc) is 2.53. The largest absolute Gasteiger partial charge is 0.326 e. The molecular weight excluding hydrogens is 250 g/mol. The highest BCUT2D eigenvalue weighted by Gasteiger charge is 2.18. The monoisotopic (exact) mass is 267 g/mol. The third kappa shape index (κ3) is 2.45. The van der Waals surface area contributed by atoms with Gasteiger partial charge in [0.2, 0.25) is 0 Å². The van der Waals surface area contributed by atoms with E-state index in [1.54, 1.807) is 12.4 Å². The zero-order chi connectivity index (χ0) is 14.5. The van der Waals surface area contributed by atoms with Gasteiger partial charge in [-0.05, 0) is 30.5 Å². The van der Waals surface area contributed by atoms with Crippen LogP contribution in [0.2, 0.25) is 0 Å². The minimum absolute atomic E-state index is 0.578. The molecule has 0 aliphatic heterocycles. The fraction of sp³-hybridized carbons (Fsp3) is 0.333. The molecule has 102 valence electrons. The maximum Gasteiger partial charge on any atom is 0.173 e. The number of hydrogen-bond acceptors (Lipinski definition) is 5. The van der Waals surface area contributed by atoms with Crippen molar-refractivity contribution in [1.29, 1.82) is 5.26 Å². The van der Waals surface area contributed by atoms with Crippen LogP contribution in [-0.2, 0) is 12.8 Å². The fourth-order valence-corrected chi connectivity index (χ4v) is 2.19. The van der Waals surface area contributed by atoms with Crippen molar-refractivity contribution in [3.05, 3.63) is 41.3 Å². The summed E-state index contributed by atoms with van der Waals surface area (Å²) in [5, 5.41) is 18.0. The Hall–Kier alpha value is -2.48. The number of aromatic nitrogens is 3. The van der Waals surface area contributed by atoms with Gasteiger partial charge in [0.15, 0.2) is 5.82 Å². The average molecular weight is 267 g/mol. The summed E-state index contributed by atoms with van der Waals surface area (Å²) in [6.07, 6.45) is 5.01. The highest BCUT2D eigenvalue weighted by Crippen LogP contribution is 2.27. The SMILES string of the molecule is CCc1nnc(N(C)c2cccnc2)c(C#N)c1CC. The second kappa shape index (κ2) is 6.11. The van der Waals surface area contributed by atoms with Crippen molar-refractivity contribution in [2.24, 2.45) is 0 Å². The van der Waals surface area contributed by atoms with E-state index >= 15 is 0 Å². The fourth-order valence-electron chi connectivity index (χ4n) is 2.19. The molecule has 20 heavy (non-hydrogen) atoms. The van der Waals surface area contributed by atoms with Crippen LogP contribution >= 0.6 is 0 Å². The number of pyridine rings is 1. The van der Waals surface area contributed by atoms with Crippen LogP contribution in [0.5, 0.6) is 0 Å². The zero-order valence-electron chi connectivity index (χ0n) is 12.0. The Balaban J connectivity index is 2.55. The van der Waals surface area contributed by atoms with Gasteiger partial charge >= 0.3 is 0 Å². The molecule has 5 nitrogen and oxygen atoms in total. The van der Waals surface area contributed by atoms with Gasteiger partial charge in [-0.15, -0.1) is 5.10 Å². The van der Waals surface area contributed by atoms with E-state index in [9.17, 15) is 5.26 Å². The van der Waals surface area contributed by atoms with Gasteiger partial charge in [-0.1, -0.05) is 13.8 Å². The van der Waals surface area contributed by atoms with E-state index in [0.29, 0.717) is 11.4 Å². The summed E-state index contributed by atoms with van der Waals surface area (Å²) < 4.78 is 0. The molecule has 0 atom stereocenters. The minimum Gasteiger partial charge on any atom is -0.326 e. The van der Waals surface area contributed by atoms with Crippen LogP contribution < -0.4 is 4.90 Å². The van der Waals surface area contributed by atoms with Crippen LogP contribution in [0.4, 0.5) is 11.5 Å². The van der Waals surface area contributed by atoms with Gasteiger partial charge < -0.3 is 4.90 Å². The van der Waals surface area contributed by atoms with Crippen molar-refractivity contribution in [3.63, 3.8) is 0 Å². The number of nitrogens with zero attached hydrogens (tertiary/aromatic N) is 5. The summed E-state index contributed by atoms with van der Waals surface area (Å²) in [5.41, 5.74) is 3.36. The van der Waals surface area contributed by atoms with Crippen molar-refractivity contribution in [3.8, 4) is 6.07 Å². The first-order valence-electron chi connectivity index (χ1n) is 6.65. The van der Waals surface area contributed by atoms with Crippen LogP contribution in [0.3, 0.4) is 0 Å². The highest BCUT2D eigenvalue weighted by atomic mass is 15.3. The van der Waals surface area contributed by atoms with E-state index in [-0.39, 0.29) is 0 Å². The molecule has 0 fully saturated rings. The van der Waals surface area contributed by atoms with Gasteiger partial charge in [0, 0.05) is 13.2 Å². The predicted molar refractivity (Wildman–Crippen MR) is 77.8 cm³/mol. The molecule has 0 spiro atoms. The molecule has 2 rings (SSSR count). The van der Waals surface area contributed by atoms with Gasteiger partial charge in [-0.3, -0.25) is 4.98 Å². The molecule has 2 aromatic rings. The summed E-state index contributed by atoms with van der Waals surface area (Å²) in [4.78, 5) is 5.93. The summed E-state index contributed by atoms with van der Waals surface area (Å²) >= 11 is 0. The summed E-state index contributed by atoms with van der Waals surface area (Å²) in [5.74, 6) is 0.578. The van der Waals surface area contributed by atoms with Crippen molar-refractivity contribution in [1.82, 2.24) is 15.2 Å². The summed E-state index contributed by atoms with van der Waals surface area (Å²) in [7, 11) is 1.87. The molecule has 0 aliphatic rings. The molecule has 0 saturated heterocycles.